The van der Waals surface area contributed by atoms with Crippen molar-refractivity contribution in [1.29, 1.82) is 0 Å². The van der Waals surface area contributed by atoms with Gasteiger partial charge in [0.25, 0.3) is 0 Å². The molecule has 0 amide bonds. The van der Waals surface area contributed by atoms with Crippen LogP contribution in [0.3, 0.4) is 0 Å². The van der Waals surface area contributed by atoms with Gasteiger partial charge in [-0.05, 0) is 36.6 Å². The fraction of sp³-hybridized carbons (Fsp3) is 0.500. The van der Waals surface area contributed by atoms with Crippen molar-refractivity contribution in [3.05, 3.63) is 71.0 Å². The van der Waals surface area contributed by atoms with E-state index in [4.69, 9.17) is 0 Å². The summed E-state index contributed by atoms with van der Waals surface area (Å²) in [5.41, 5.74) is 10.2. The summed E-state index contributed by atoms with van der Waals surface area (Å²) in [7, 11) is 0. The summed E-state index contributed by atoms with van der Waals surface area (Å²) in [5.74, 6) is 0.193. The van der Waals surface area contributed by atoms with Gasteiger partial charge in [0, 0.05) is 57.8 Å². The number of nitrogens with zero attached hydrogens (tertiary/aromatic N) is 2. The molecule has 0 bridgehead atoms. The molecule has 5 nitrogen and oxygen atoms in total. The maximum Gasteiger partial charge on any atom is 0.123 e. The molecule has 6 heteroatoms. The SMILES string of the molecule is Cc1ccc(CN2CCN(CC3CNNC3c3cccc(F)c3)CC2CCO)cc1. The maximum atomic E-state index is 13.7. The first-order valence-electron chi connectivity index (χ1n) is 11.0. The summed E-state index contributed by atoms with van der Waals surface area (Å²) in [6, 6.07) is 16.1. The van der Waals surface area contributed by atoms with Crippen LogP contribution in [0.15, 0.2) is 48.5 Å². The fourth-order valence-corrected chi connectivity index (χ4v) is 4.77. The summed E-state index contributed by atoms with van der Waals surface area (Å²) in [4.78, 5) is 5.02. The van der Waals surface area contributed by atoms with Gasteiger partial charge in [-0.3, -0.25) is 10.3 Å². The van der Waals surface area contributed by atoms with Gasteiger partial charge in [0.05, 0.1) is 6.04 Å². The average Bonchev–Trinajstić information content (AvgIpc) is 3.20. The molecular formula is C24H33FN4O. The number of piperazine rings is 1. The number of aliphatic hydroxyl groups excluding tert-OH is 1. The number of rotatable bonds is 7. The predicted molar refractivity (Wildman–Crippen MR) is 117 cm³/mol. The molecule has 2 aliphatic heterocycles. The second kappa shape index (κ2) is 9.98. The van der Waals surface area contributed by atoms with Crippen LogP contribution in [-0.4, -0.2) is 60.3 Å². The molecule has 2 heterocycles. The van der Waals surface area contributed by atoms with Gasteiger partial charge in [-0.1, -0.05) is 42.0 Å². The van der Waals surface area contributed by atoms with Crippen LogP contribution in [0.2, 0.25) is 0 Å². The number of hydrogen-bond acceptors (Lipinski definition) is 5. The lowest BCUT2D eigenvalue weighted by atomic mass is 9.93. The minimum atomic E-state index is -0.187. The Hall–Kier alpha value is -1.83. The number of hydrazine groups is 1. The number of aryl methyl sites for hydroxylation is 1. The van der Waals surface area contributed by atoms with Crippen molar-refractivity contribution in [2.75, 3.05) is 39.3 Å². The Morgan fingerprint density at radius 2 is 1.97 bits per heavy atom. The molecule has 3 atom stereocenters. The minimum absolute atomic E-state index is 0.113. The van der Waals surface area contributed by atoms with Crippen LogP contribution in [-0.2, 0) is 6.54 Å². The van der Waals surface area contributed by atoms with E-state index in [0.29, 0.717) is 12.0 Å². The van der Waals surface area contributed by atoms with Gasteiger partial charge in [-0.15, -0.1) is 0 Å². The summed E-state index contributed by atoms with van der Waals surface area (Å²) >= 11 is 0. The Bertz CT molecular complexity index is 815. The quantitative estimate of drug-likeness (QED) is 0.652. The van der Waals surface area contributed by atoms with E-state index in [1.165, 1.54) is 17.2 Å². The average molecular weight is 413 g/mol. The van der Waals surface area contributed by atoms with E-state index in [1.807, 2.05) is 6.07 Å². The zero-order chi connectivity index (χ0) is 20.9. The van der Waals surface area contributed by atoms with E-state index in [-0.39, 0.29) is 18.5 Å². The van der Waals surface area contributed by atoms with Crippen LogP contribution in [0.4, 0.5) is 4.39 Å². The highest BCUT2D eigenvalue weighted by molar-refractivity contribution is 5.22. The largest absolute Gasteiger partial charge is 0.396 e. The van der Waals surface area contributed by atoms with Gasteiger partial charge >= 0.3 is 0 Å². The molecule has 2 aromatic rings. The van der Waals surface area contributed by atoms with Gasteiger partial charge in [-0.2, -0.15) is 0 Å². The van der Waals surface area contributed by atoms with Gasteiger partial charge in [0.2, 0.25) is 0 Å². The first-order chi connectivity index (χ1) is 14.6. The molecule has 0 spiro atoms. The molecule has 2 aliphatic rings. The standard InChI is InChI=1S/C24H33FN4O/c1-18-5-7-19(8-6-18)15-29-11-10-28(17-23(29)9-12-30)16-21-14-26-27-24(21)20-3-2-4-22(25)13-20/h2-8,13,21,23-24,26-27,30H,9-12,14-17H2,1H3. The smallest absolute Gasteiger partial charge is 0.123 e. The zero-order valence-electron chi connectivity index (χ0n) is 17.7. The Balaban J connectivity index is 1.38. The number of nitrogens with one attached hydrogen (secondary N) is 2. The molecule has 3 N–H and O–H groups in total. The molecular weight excluding hydrogens is 379 g/mol. The van der Waals surface area contributed by atoms with Crippen LogP contribution >= 0.6 is 0 Å². The van der Waals surface area contributed by atoms with E-state index < -0.39 is 0 Å². The Kier molecular flexibility index (Phi) is 7.12. The highest BCUT2D eigenvalue weighted by atomic mass is 19.1. The minimum Gasteiger partial charge on any atom is -0.396 e. The molecule has 2 fully saturated rings. The van der Waals surface area contributed by atoms with E-state index in [2.05, 4.69) is 51.8 Å². The molecule has 3 unspecified atom stereocenters. The molecule has 0 saturated carbocycles. The lowest BCUT2D eigenvalue weighted by Crippen LogP contribution is -2.54. The third-order valence-corrected chi connectivity index (χ3v) is 6.45. The maximum absolute atomic E-state index is 13.7. The molecule has 30 heavy (non-hydrogen) atoms. The van der Waals surface area contributed by atoms with Crippen molar-refractivity contribution in [3.8, 4) is 0 Å². The van der Waals surface area contributed by atoms with Crippen molar-refractivity contribution >= 4 is 0 Å². The lowest BCUT2D eigenvalue weighted by molar-refractivity contribution is 0.0457. The highest BCUT2D eigenvalue weighted by Gasteiger charge is 2.33. The van der Waals surface area contributed by atoms with E-state index >= 15 is 0 Å². The monoisotopic (exact) mass is 412 g/mol. The normalized spacial score (nSPS) is 25.6. The third-order valence-electron chi connectivity index (χ3n) is 6.45. The number of halogens is 1. The van der Waals surface area contributed by atoms with Gasteiger partial charge in [0.15, 0.2) is 0 Å². The number of hydrogen-bond donors (Lipinski definition) is 3. The van der Waals surface area contributed by atoms with Gasteiger partial charge in [0.1, 0.15) is 5.82 Å². The third kappa shape index (κ3) is 5.25. The first kappa shape index (κ1) is 21.4. The Morgan fingerprint density at radius 1 is 1.13 bits per heavy atom. The molecule has 0 radical (unpaired) electrons. The summed E-state index contributed by atoms with van der Waals surface area (Å²) in [6.45, 7) is 8.05. The van der Waals surface area contributed by atoms with Crippen molar-refractivity contribution in [2.24, 2.45) is 5.92 Å². The van der Waals surface area contributed by atoms with Crippen molar-refractivity contribution in [1.82, 2.24) is 20.7 Å². The predicted octanol–water partition coefficient (Wildman–Crippen LogP) is 2.47. The van der Waals surface area contributed by atoms with Crippen molar-refractivity contribution < 1.29 is 9.50 Å². The van der Waals surface area contributed by atoms with E-state index in [9.17, 15) is 9.50 Å². The topological polar surface area (TPSA) is 50.8 Å². The van der Waals surface area contributed by atoms with Crippen LogP contribution in [0.5, 0.6) is 0 Å². The van der Waals surface area contributed by atoms with Crippen molar-refractivity contribution in [3.63, 3.8) is 0 Å². The molecule has 162 valence electrons. The number of aliphatic hydroxyl groups is 1. The van der Waals surface area contributed by atoms with E-state index in [1.54, 1.807) is 12.1 Å². The summed E-state index contributed by atoms with van der Waals surface area (Å²) in [6.07, 6.45) is 0.789. The Morgan fingerprint density at radius 3 is 2.73 bits per heavy atom. The van der Waals surface area contributed by atoms with Gasteiger partial charge in [-0.25, -0.2) is 9.82 Å². The Labute approximate surface area is 178 Å². The molecule has 2 saturated heterocycles. The van der Waals surface area contributed by atoms with Crippen LogP contribution in [0.1, 0.15) is 29.2 Å². The second-order valence-electron chi connectivity index (χ2n) is 8.70. The highest BCUT2D eigenvalue weighted by Crippen LogP contribution is 2.27. The first-order valence-corrected chi connectivity index (χ1v) is 11.0. The lowest BCUT2D eigenvalue weighted by Gasteiger charge is -2.42. The van der Waals surface area contributed by atoms with Crippen molar-refractivity contribution in [2.45, 2.75) is 32.0 Å². The van der Waals surface area contributed by atoms with Crippen LogP contribution in [0, 0.1) is 18.7 Å². The molecule has 0 aromatic heterocycles. The van der Waals surface area contributed by atoms with E-state index in [0.717, 1.165) is 51.3 Å². The summed E-state index contributed by atoms with van der Waals surface area (Å²) in [5, 5.41) is 9.63. The summed E-state index contributed by atoms with van der Waals surface area (Å²) < 4.78 is 13.7. The van der Waals surface area contributed by atoms with Gasteiger partial charge < -0.3 is 10.0 Å². The van der Waals surface area contributed by atoms with Crippen LogP contribution in [0.25, 0.3) is 0 Å². The fourth-order valence-electron chi connectivity index (χ4n) is 4.77. The zero-order valence-corrected chi connectivity index (χ0v) is 17.7. The molecule has 0 aliphatic carbocycles. The molecule has 2 aromatic carbocycles. The number of benzene rings is 2. The molecule has 4 rings (SSSR count). The van der Waals surface area contributed by atoms with Crippen LogP contribution < -0.4 is 10.9 Å². The second-order valence-corrected chi connectivity index (χ2v) is 8.70.